The summed E-state index contributed by atoms with van der Waals surface area (Å²) in [5, 5.41) is 17.3. The quantitative estimate of drug-likeness (QED) is 0.851. The van der Waals surface area contributed by atoms with Crippen LogP contribution in [0.25, 0.3) is 0 Å². The molecule has 2 aromatic rings. The lowest BCUT2D eigenvalue weighted by Crippen LogP contribution is -2.44. The maximum atomic E-state index is 13.2. The highest BCUT2D eigenvalue weighted by Gasteiger charge is 2.35. The Labute approximate surface area is 144 Å². The van der Waals surface area contributed by atoms with Crippen molar-refractivity contribution in [1.29, 1.82) is 0 Å². The molecule has 3 heterocycles. The Bertz CT molecular complexity index is 838. The van der Waals surface area contributed by atoms with E-state index in [1.807, 2.05) is 13.0 Å². The van der Waals surface area contributed by atoms with E-state index in [0.29, 0.717) is 37.8 Å². The van der Waals surface area contributed by atoms with Gasteiger partial charge >= 0.3 is 0 Å². The van der Waals surface area contributed by atoms with Crippen LogP contribution >= 0.6 is 0 Å². The number of morpholine rings is 1. The minimum absolute atomic E-state index is 0.0530. The molecule has 25 heavy (non-hydrogen) atoms. The normalized spacial score (nSPS) is 20.2. The number of allylic oxidation sites excluding steroid dienone is 1. The number of benzene rings is 1. The van der Waals surface area contributed by atoms with Crippen molar-refractivity contribution in [3.8, 4) is 5.75 Å². The van der Waals surface area contributed by atoms with Gasteiger partial charge in [0.15, 0.2) is 0 Å². The van der Waals surface area contributed by atoms with Crippen LogP contribution in [0.5, 0.6) is 5.75 Å². The maximum absolute atomic E-state index is 13.2. The number of hydrogen-bond donors (Lipinski definition) is 2. The zero-order valence-electron chi connectivity index (χ0n) is 13.8. The highest BCUT2D eigenvalue weighted by Crippen LogP contribution is 2.36. The summed E-state index contributed by atoms with van der Waals surface area (Å²) < 4.78 is 7.02. The minimum atomic E-state index is -0.443. The number of fused-ring (bicyclic) bond motifs is 1. The molecule has 2 aliphatic rings. The van der Waals surface area contributed by atoms with Crippen molar-refractivity contribution in [1.82, 2.24) is 19.7 Å². The summed E-state index contributed by atoms with van der Waals surface area (Å²) in [6.07, 6.45) is 1.45. The van der Waals surface area contributed by atoms with Gasteiger partial charge in [0.2, 0.25) is 5.95 Å². The van der Waals surface area contributed by atoms with E-state index in [4.69, 9.17) is 4.74 Å². The van der Waals surface area contributed by atoms with E-state index in [1.54, 1.807) is 27.8 Å². The van der Waals surface area contributed by atoms with Crippen LogP contribution in [0.1, 0.15) is 18.5 Å². The van der Waals surface area contributed by atoms with Crippen molar-refractivity contribution in [2.24, 2.45) is 0 Å². The van der Waals surface area contributed by atoms with Gasteiger partial charge in [0.25, 0.3) is 5.91 Å². The fraction of sp³-hybridized carbons (Fsp3) is 0.353. The predicted molar refractivity (Wildman–Crippen MR) is 90.0 cm³/mol. The van der Waals surface area contributed by atoms with Crippen LogP contribution in [0.3, 0.4) is 0 Å². The largest absolute Gasteiger partial charge is 0.508 e. The molecular formula is C17H19N5O3. The van der Waals surface area contributed by atoms with Crippen LogP contribution in [0.2, 0.25) is 0 Å². The van der Waals surface area contributed by atoms with Crippen molar-refractivity contribution in [2.45, 2.75) is 13.0 Å². The molecule has 4 rings (SSSR count). The molecule has 1 amide bonds. The second-order valence-corrected chi connectivity index (χ2v) is 6.09. The van der Waals surface area contributed by atoms with Gasteiger partial charge in [-0.3, -0.25) is 4.79 Å². The standard InChI is InChI=1S/C17H19N5O3/c1-11-14(16(24)21-5-7-25-8-6-21)15(12-3-2-4-13(23)9-12)22-17(20-11)18-10-19-22/h2-4,9-10,15,23H,5-8H2,1H3,(H,18,19,20). The van der Waals surface area contributed by atoms with E-state index in [0.717, 1.165) is 11.3 Å². The van der Waals surface area contributed by atoms with Crippen molar-refractivity contribution >= 4 is 11.9 Å². The lowest BCUT2D eigenvalue weighted by atomic mass is 9.94. The first kappa shape index (κ1) is 15.6. The van der Waals surface area contributed by atoms with Gasteiger partial charge in [0, 0.05) is 18.8 Å². The third-order valence-corrected chi connectivity index (χ3v) is 4.51. The summed E-state index contributed by atoms with van der Waals surface area (Å²) in [6.45, 7) is 4.06. The van der Waals surface area contributed by atoms with Crippen LogP contribution in [-0.4, -0.2) is 57.0 Å². The topological polar surface area (TPSA) is 92.5 Å². The van der Waals surface area contributed by atoms with Gasteiger partial charge in [-0.15, -0.1) is 0 Å². The van der Waals surface area contributed by atoms with Crippen molar-refractivity contribution < 1.29 is 14.6 Å². The summed E-state index contributed by atoms with van der Waals surface area (Å²) in [7, 11) is 0. The number of carbonyl (C=O) groups excluding carboxylic acids is 1. The number of carbonyl (C=O) groups is 1. The van der Waals surface area contributed by atoms with E-state index in [9.17, 15) is 9.90 Å². The Morgan fingerprint density at radius 2 is 2.16 bits per heavy atom. The lowest BCUT2D eigenvalue weighted by Gasteiger charge is -2.33. The summed E-state index contributed by atoms with van der Waals surface area (Å²) >= 11 is 0. The third kappa shape index (κ3) is 2.74. The average molecular weight is 341 g/mol. The molecule has 1 saturated heterocycles. The number of amides is 1. The minimum Gasteiger partial charge on any atom is -0.508 e. The number of phenols is 1. The molecule has 1 fully saturated rings. The number of nitrogens with zero attached hydrogens (tertiary/aromatic N) is 4. The molecule has 130 valence electrons. The van der Waals surface area contributed by atoms with Crippen LogP contribution in [-0.2, 0) is 9.53 Å². The van der Waals surface area contributed by atoms with E-state index >= 15 is 0 Å². The Kier molecular flexibility index (Phi) is 3.89. The zero-order valence-corrected chi connectivity index (χ0v) is 13.8. The summed E-state index contributed by atoms with van der Waals surface area (Å²) in [6, 6.07) is 6.45. The molecule has 0 aliphatic carbocycles. The van der Waals surface area contributed by atoms with Crippen molar-refractivity contribution in [3.63, 3.8) is 0 Å². The molecule has 2 aliphatic heterocycles. The molecule has 0 spiro atoms. The molecule has 8 heteroatoms. The summed E-state index contributed by atoms with van der Waals surface area (Å²) in [5.74, 6) is 0.667. The van der Waals surface area contributed by atoms with Gasteiger partial charge in [0.1, 0.15) is 18.1 Å². The first-order valence-electron chi connectivity index (χ1n) is 8.18. The van der Waals surface area contributed by atoms with Crippen molar-refractivity contribution in [3.05, 3.63) is 47.4 Å². The number of nitrogens with one attached hydrogen (secondary N) is 1. The van der Waals surface area contributed by atoms with Crippen LogP contribution in [0, 0.1) is 0 Å². The molecule has 0 saturated carbocycles. The van der Waals surface area contributed by atoms with Gasteiger partial charge < -0.3 is 20.1 Å². The highest BCUT2D eigenvalue weighted by atomic mass is 16.5. The zero-order chi connectivity index (χ0) is 17.4. The number of aromatic nitrogens is 3. The molecule has 1 unspecified atom stereocenters. The predicted octanol–water partition coefficient (Wildman–Crippen LogP) is 1.13. The molecule has 0 bridgehead atoms. The second-order valence-electron chi connectivity index (χ2n) is 6.09. The Morgan fingerprint density at radius 1 is 1.36 bits per heavy atom. The number of anilines is 1. The van der Waals surface area contributed by atoms with Crippen LogP contribution in [0.15, 0.2) is 41.9 Å². The molecule has 1 atom stereocenters. The fourth-order valence-electron chi connectivity index (χ4n) is 3.31. The molecular weight excluding hydrogens is 322 g/mol. The average Bonchev–Trinajstić information content (AvgIpc) is 3.08. The van der Waals surface area contributed by atoms with Crippen LogP contribution < -0.4 is 5.32 Å². The first-order valence-corrected chi connectivity index (χ1v) is 8.18. The molecule has 0 radical (unpaired) electrons. The SMILES string of the molecule is CC1=C(C(=O)N2CCOCC2)C(c2cccc(O)c2)n2ncnc2N1. The summed E-state index contributed by atoms with van der Waals surface area (Å²) in [4.78, 5) is 19.2. The fourth-order valence-corrected chi connectivity index (χ4v) is 3.31. The number of aromatic hydroxyl groups is 1. The first-order chi connectivity index (χ1) is 12.1. The highest BCUT2D eigenvalue weighted by molar-refractivity contribution is 5.96. The van der Waals surface area contributed by atoms with E-state index in [-0.39, 0.29) is 11.7 Å². The Morgan fingerprint density at radius 3 is 2.92 bits per heavy atom. The van der Waals surface area contributed by atoms with Gasteiger partial charge in [-0.05, 0) is 24.6 Å². The maximum Gasteiger partial charge on any atom is 0.254 e. The van der Waals surface area contributed by atoms with Gasteiger partial charge in [0.05, 0.1) is 18.8 Å². The Hall–Kier alpha value is -2.87. The van der Waals surface area contributed by atoms with Crippen LogP contribution in [0.4, 0.5) is 5.95 Å². The summed E-state index contributed by atoms with van der Waals surface area (Å²) in [5.41, 5.74) is 2.13. The Balaban J connectivity index is 1.80. The monoisotopic (exact) mass is 341 g/mol. The smallest absolute Gasteiger partial charge is 0.254 e. The molecule has 1 aromatic heterocycles. The van der Waals surface area contributed by atoms with Gasteiger partial charge in [-0.25, -0.2) is 4.68 Å². The second kappa shape index (κ2) is 6.21. The van der Waals surface area contributed by atoms with E-state index in [2.05, 4.69) is 15.4 Å². The molecule has 2 N–H and O–H groups in total. The van der Waals surface area contributed by atoms with Gasteiger partial charge in [-0.1, -0.05) is 12.1 Å². The third-order valence-electron chi connectivity index (χ3n) is 4.51. The number of hydrogen-bond acceptors (Lipinski definition) is 6. The molecule has 1 aromatic carbocycles. The number of ether oxygens (including phenoxy) is 1. The number of rotatable bonds is 2. The number of phenolic OH excluding ortho intramolecular Hbond substituents is 1. The van der Waals surface area contributed by atoms with E-state index in [1.165, 1.54) is 6.33 Å². The lowest BCUT2D eigenvalue weighted by molar-refractivity contribution is -0.131. The molecule has 8 nitrogen and oxygen atoms in total. The van der Waals surface area contributed by atoms with Gasteiger partial charge in [-0.2, -0.15) is 10.1 Å². The van der Waals surface area contributed by atoms with E-state index < -0.39 is 6.04 Å². The van der Waals surface area contributed by atoms with Crippen molar-refractivity contribution in [2.75, 3.05) is 31.6 Å².